The monoisotopic (exact) mass is 219 g/mol. The summed E-state index contributed by atoms with van der Waals surface area (Å²) in [7, 11) is 0. The van der Waals surface area contributed by atoms with E-state index in [1.807, 2.05) is 0 Å². The third-order valence-electron chi connectivity index (χ3n) is 3.43. The largest absolute Gasteiger partial charge is 0.488 e. The van der Waals surface area contributed by atoms with E-state index in [0.717, 1.165) is 18.6 Å². The molecule has 1 aliphatic carbocycles. The van der Waals surface area contributed by atoms with Crippen LogP contribution in [0.5, 0.6) is 5.75 Å². The topological polar surface area (TPSA) is 35.2 Å². The SMILES string of the molecule is Cc1cccc(C)c1OC1CCCCC1N. The van der Waals surface area contributed by atoms with E-state index < -0.39 is 0 Å². The summed E-state index contributed by atoms with van der Waals surface area (Å²) in [5, 5.41) is 0. The normalized spacial score (nSPS) is 25.4. The summed E-state index contributed by atoms with van der Waals surface area (Å²) in [6, 6.07) is 6.46. The van der Waals surface area contributed by atoms with Crippen molar-refractivity contribution in [2.45, 2.75) is 51.7 Å². The molecule has 0 aromatic heterocycles. The summed E-state index contributed by atoms with van der Waals surface area (Å²) in [5.41, 5.74) is 8.51. The fraction of sp³-hybridized carbons (Fsp3) is 0.571. The molecule has 0 radical (unpaired) electrons. The molecule has 0 saturated heterocycles. The lowest BCUT2D eigenvalue weighted by molar-refractivity contribution is 0.130. The third-order valence-corrected chi connectivity index (χ3v) is 3.43. The molecule has 0 spiro atoms. The van der Waals surface area contributed by atoms with E-state index >= 15 is 0 Å². The number of ether oxygens (including phenoxy) is 1. The first kappa shape index (κ1) is 11.5. The minimum Gasteiger partial charge on any atom is -0.488 e. The first-order valence-corrected chi connectivity index (χ1v) is 6.17. The van der Waals surface area contributed by atoms with Crippen LogP contribution in [0.15, 0.2) is 18.2 Å². The van der Waals surface area contributed by atoms with Crippen molar-refractivity contribution in [2.75, 3.05) is 0 Å². The number of benzene rings is 1. The number of para-hydroxylation sites is 1. The van der Waals surface area contributed by atoms with Gasteiger partial charge in [-0.2, -0.15) is 0 Å². The first-order valence-electron chi connectivity index (χ1n) is 6.17. The summed E-state index contributed by atoms with van der Waals surface area (Å²) in [4.78, 5) is 0. The molecule has 2 N–H and O–H groups in total. The van der Waals surface area contributed by atoms with E-state index in [2.05, 4.69) is 32.0 Å². The molecule has 0 bridgehead atoms. The molecule has 1 aromatic carbocycles. The minimum absolute atomic E-state index is 0.202. The van der Waals surface area contributed by atoms with E-state index in [1.165, 1.54) is 24.0 Å². The molecule has 0 amide bonds. The van der Waals surface area contributed by atoms with E-state index in [-0.39, 0.29) is 12.1 Å². The number of nitrogens with two attached hydrogens (primary N) is 1. The number of hydrogen-bond donors (Lipinski definition) is 1. The van der Waals surface area contributed by atoms with Gasteiger partial charge in [0.15, 0.2) is 0 Å². The van der Waals surface area contributed by atoms with Gasteiger partial charge in [-0.05, 0) is 44.2 Å². The predicted molar refractivity (Wildman–Crippen MR) is 66.8 cm³/mol. The van der Waals surface area contributed by atoms with Gasteiger partial charge in [0.05, 0.1) is 0 Å². The van der Waals surface area contributed by atoms with Gasteiger partial charge in [0, 0.05) is 6.04 Å². The molecule has 2 atom stereocenters. The van der Waals surface area contributed by atoms with E-state index in [1.54, 1.807) is 0 Å². The number of aryl methyl sites for hydroxylation is 2. The zero-order valence-corrected chi connectivity index (χ0v) is 10.2. The van der Waals surface area contributed by atoms with Gasteiger partial charge in [-0.25, -0.2) is 0 Å². The summed E-state index contributed by atoms with van der Waals surface area (Å²) in [5.74, 6) is 1.03. The Kier molecular flexibility index (Phi) is 3.49. The van der Waals surface area contributed by atoms with Crippen molar-refractivity contribution in [3.8, 4) is 5.75 Å². The second-order valence-corrected chi connectivity index (χ2v) is 4.83. The Morgan fingerprint density at radius 1 is 1.12 bits per heavy atom. The molecule has 2 unspecified atom stereocenters. The van der Waals surface area contributed by atoms with Gasteiger partial charge in [0.25, 0.3) is 0 Å². The highest BCUT2D eigenvalue weighted by Crippen LogP contribution is 2.27. The Balaban J connectivity index is 2.13. The molecular weight excluding hydrogens is 198 g/mol. The molecular formula is C14H21NO. The highest BCUT2D eigenvalue weighted by Gasteiger charge is 2.24. The Morgan fingerprint density at radius 3 is 2.38 bits per heavy atom. The molecule has 0 heterocycles. The Hall–Kier alpha value is -1.02. The third kappa shape index (κ3) is 2.38. The molecule has 2 rings (SSSR count). The molecule has 88 valence electrons. The summed E-state index contributed by atoms with van der Waals surface area (Å²) >= 11 is 0. The van der Waals surface area contributed by atoms with E-state index in [4.69, 9.17) is 10.5 Å². The standard InChI is InChI=1S/C14H21NO/c1-10-6-5-7-11(2)14(10)16-13-9-4-3-8-12(13)15/h5-7,12-13H,3-4,8-9,15H2,1-2H3. The van der Waals surface area contributed by atoms with Crippen LogP contribution in [0, 0.1) is 13.8 Å². The average molecular weight is 219 g/mol. The Labute approximate surface area is 97.8 Å². The zero-order chi connectivity index (χ0) is 11.5. The smallest absolute Gasteiger partial charge is 0.125 e. The van der Waals surface area contributed by atoms with Crippen molar-refractivity contribution in [2.24, 2.45) is 5.73 Å². The van der Waals surface area contributed by atoms with Gasteiger partial charge in [0.2, 0.25) is 0 Å². The second kappa shape index (κ2) is 4.88. The zero-order valence-electron chi connectivity index (χ0n) is 10.2. The van der Waals surface area contributed by atoms with Crippen LogP contribution in [0.2, 0.25) is 0 Å². The van der Waals surface area contributed by atoms with Gasteiger partial charge >= 0.3 is 0 Å². The number of hydrogen-bond acceptors (Lipinski definition) is 2. The van der Waals surface area contributed by atoms with Crippen molar-refractivity contribution in [1.29, 1.82) is 0 Å². The number of rotatable bonds is 2. The molecule has 1 fully saturated rings. The van der Waals surface area contributed by atoms with Crippen LogP contribution in [0.25, 0.3) is 0 Å². The molecule has 2 heteroatoms. The maximum absolute atomic E-state index is 6.10. The van der Waals surface area contributed by atoms with E-state index in [0.29, 0.717) is 0 Å². The summed E-state index contributed by atoms with van der Waals surface area (Å²) in [6.45, 7) is 4.19. The molecule has 16 heavy (non-hydrogen) atoms. The van der Waals surface area contributed by atoms with Crippen LogP contribution in [-0.4, -0.2) is 12.1 Å². The van der Waals surface area contributed by atoms with E-state index in [9.17, 15) is 0 Å². The Morgan fingerprint density at radius 2 is 1.75 bits per heavy atom. The second-order valence-electron chi connectivity index (χ2n) is 4.83. The van der Waals surface area contributed by atoms with Gasteiger partial charge in [-0.3, -0.25) is 0 Å². The van der Waals surface area contributed by atoms with Crippen LogP contribution < -0.4 is 10.5 Å². The highest BCUT2D eigenvalue weighted by atomic mass is 16.5. The van der Waals surface area contributed by atoms with Crippen molar-refractivity contribution in [1.82, 2.24) is 0 Å². The first-order chi connectivity index (χ1) is 7.68. The van der Waals surface area contributed by atoms with Gasteiger partial charge in [-0.15, -0.1) is 0 Å². The Bertz CT molecular complexity index is 342. The van der Waals surface area contributed by atoms with Crippen LogP contribution in [-0.2, 0) is 0 Å². The van der Waals surface area contributed by atoms with Gasteiger partial charge in [0.1, 0.15) is 11.9 Å². The van der Waals surface area contributed by atoms with Crippen molar-refractivity contribution in [3.05, 3.63) is 29.3 Å². The van der Waals surface area contributed by atoms with Crippen LogP contribution in [0.3, 0.4) is 0 Å². The van der Waals surface area contributed by atoms with Gasteiger partial charge in [-0.1, -0.05) is 24.6 Å². The lowest BCUT2D eigenvalue weighted by Crippen LogP contribution is -2.41. The maximum Gasteiger partial charge on any atom is 0.125 e. The molecule has 1 aliphatic rings. The van der Waals surface area contributed by atoms with Crippen LogP contribution in [0.1, 0.15) is 36.8 Å². The lowest BCUT2D eigenvalue weighted by Gasteiger charge is -2.30. The quantitative estimate of drug-likeness (QED) is 0.830. The summed E-state index contributed by atoms with van der Waals surface area (Å²) in [6.07, 6.45) is 4.87. The minimum atomic E-state index is 0.202. The molecule has 2 nitrogen and oxygen atoms in total. The van der Waals surface area contributed by atoms with Crippen molar-refractivity contribution < 1.29 is 4.74 Å². The van der Waals surface area contributed by atoms with Crippen LogP contribution >= 0.6 is 0 Å². The fourth-order valence-electron chi connectivity index (χ4n) is 2.41. The molecule has 1 saturated carbocycles. The average Bonchev–Trinajstić information content (AvgIpc) is 2.26. The highest BCUT2D eigenvalue weighted by molar-refractivity contribution is 5.39. The van der Waals surface area contributed by atoms with Crippen molar-refractivity contribution in [3.63, 3.8) is 0 Å². The predicted octanol–water partition coefficient (Wildman–Crippen LogP) is 2.95. The molecule has 1 aromatic rings. The van der Waals surface area contributed by atoms with Gasteiger partial charge < -0.3 is 10.5 Å². The summed E-state index contributed by atoms with van der Waals surface area (Å²) < 4.78 is 6.10. The maximum atomic E-state index is 6.10. The molecule has 0 aliphatic heterocycles. The van der Waals surface area contributed by atoms with Crippen LogP contribution in [0.4, 0.5) is 0 Å². The van der Waals surface area contributed by atoms with Crippen molar-refractivity contribution >= 4 is 0 Å². The lowest BCUT2D eigenvalue weighted by atomic mass is 9.93. The fourth-order valence-corrected chi connectivity index (χ4v) is 2.41.